The molecule has 2 heterocycles. The number of piperidine rings is 1. The van der Waals surface area contributed by atoms with Crippen molar-refractivity contribution in [1.82, 2.24) is 15.5 Å². The summed E-state index contributed by atoms with van der Waals surface area (Å²) >= 11 is 0. The van der Waals surface area contributed by atoms with Crippen molar-refractivity contribution >= 4 is 6.01 Å². The van der Waals surface area contributed by atoms with E-state index in [0.717, 1.165) is 32.5 Å². The maximum atomic E-state index is 5.64. The first-order chi connectivity index (χ1) is 8.33. The summed E-state index contributed by atoms with van der Waals surface area (Å²) in [5.41, 5.74) is 0. The number of hydrogen-bond acceptors (Lipinski definition) is 6. The van der Waals surface area contributed by atoms with E-state index in [4.69, 9.17) is 9.15 Å². The summed E-state index contributed by atoms with van der Waals surface area (Å²) in [5, 5.41) is 11.0. The number of rotatable bonds is 5. The van der Waals surface area contributed by atoms with E-state index in [2.05, 4.69) is 20.4 Å². The Kier molecular flexibility index (Phi) is 4.33. The molecule has 0 radical (unpaired) electrons. The van der Waals surface area contributed by atoms with Gasteiger partial charge in [0, 0.05) is 19.7 Å². The Morgan fingerprint density at radius 3 is 3.18 bits per heavy atom. The minimum absolute atomic E-state index is 0.286. The van der Waals surface area contributed by atoms with Gasteiger partial charge in [-0.05, 0) is 26.8 Å². The van der Waals surface area contributed by atoms with Crippen molar-refractivity contribution < 1.29 is 9.15 Å². The lowest BCUT2D eigenvalue weighted by Gasteiger charge is -2.30. The van der Waals surface area contributed by atoms with E-state index in [9.17, 15) is 0 Å². The van der Waals surface area contributed by atoms with Crippen molar-refractivity contribution in [1.29, 1.82) is 0 Å². The second-order valence-corrected chi connectivity index (χ2v) is 4.17. The third-order valence-corrected chi connectivity index (χ3v) is 2.84. The normalized spacial score (nSPS) is 20.8. The summed E-state index contributed by atoms with van der Waals surface area (Å²) in [6, 6.07) is 0.611. The third kappa shape index (κ3) is 3.17. The van der Waals surface area contributed by atoms with Gasteiger partial charge in [-0.25, -0.2) is 0 Å². The minimum Gasteiger partial charge on any atom is -0.407 e. The van der Waals surface area contributed by atoms with Gasteiger partial charge in [-0.1, -0.05) is 5.10 Å². The Balaban J connectivity index is 1.95. The summed E-state index contributed by atoms with van der Waals surface area (Å²) in [7, 11) is 1.86. The predicted molar refractivity (Wildman–Crippen MR) is 63.9 cm³/mol. The lowest BCUT2D eigenvalue weighted by atomic mass is 10.1. The van der Waals surface area contributed by atoms with Gasteiger partial charge in [0.25, 0.3) is 0 Å². The van der Waals surface area contributed by atoms with Gasteiger partial charge in [-0.2, -0.15) is 0 Å². The molecule has 0 amide bonds. The zero-order chi connectivity index (χ0) is 12.1. The minimum atomic E-state index is 0.286. The van der Waals surface area contributed by atoms with Crippen molar-refractivity contribution in [3.8, 4) is 0 Å². The molecule has 96 valence electrons. The zero-order valence-electron chi connectivity index (χ0n) is 10.5. The molecule has 1 aromatic rings. The standard InChI is InChI=1S/C11H20N4O2/c1-3-16-9-5-4-6-15(8-9)11-14-13-10(17-11)7-12-2/h9,12H,3-8H2,1-2H3. The Labute approximate surface area is 101 Å². The largest absolute Gasteiger partial charge is 0.407 e. The van der Waals surface area contributed by atoms with E-state index in [1.807, 2.05) is 14.0 Å². The van der Waals surface area contributed by atoms with Gasteiger partial charge in [0.05, 0.1) is 12.6 Å². The Morgan fingerprint density at radius 1 is 1.53 bits per heavy atom. The maximum Gasteiger partial charge on any atom is 0.318 e. The van der Waals surface area contributed by atoms with E-state index < -0.39 is 0 Å². The molecule has 1 saturated heterocycles. The van der Waals surface area contributed by atoms with Gasteiger partial charge in [-0.3, -0.25) is 0 Å². The molecule has 1 aliphatic heterocycles. The van der Waals surface area contributed by atoms with Crippen LogP contribution in [-0.4, -0.2) is 43.0 Å². The molecule has 1 aromatic heterocycles. The number of nitrogens with one attached hydrogen (secondary N) is 1. The first-order valence-corrected chi connectivity index (χ1v) is 6.17. The van der Waals surface area contributed by atoms with Gasteiger partial charge < -0.3 is 19.4 Å². The summed E-state index contributed by atoms with van der Waals surface area (Å²) in [4.78, 5) is 2.11. The highest BCUT2D eigenvalue weighted by molar-refractivity contribution is 5.25. The molecule has 0 aromatic carbocycles. The van der Waals surface area contributed by atoms with Crippen LogP contribution in [0.15, 0.2) is 4.42 Å². The third-order valence-electron chi connectivity index (χ3n) is 2.84. The van der Waals surface area contributed by atoms with Crippen LogP contribution in [0.2, 0.25) is 0 Å². The summed E-state index contributed by atoms with van der Waals surface area (Å²) in [5.74, 6) is 0.626. The molecule has 1 N–H and O–H groups in total. The SMILES string of the molecule is CCOC1CCCN(c2nnc(CNC)o2)C1. The van der Waals surface area contributed by atoms with Gasteiger partial charge in [-0.15, -0.1) is 5.10 Å². The number of aromatic nitrogens is 2. The fourth-order valence-corrected chi connectivity index (χ4v) is 2.08. The molecule has 6 nitrogen and oxygen atoms in total. The summed E-state index contributed by atoms with van der Waals surface area (Å²) in [6.07, 6.45) is 2.50. The molecular weight excluding hydrogens is 220 g/mol. The average molecular weight is 240 g/mol. The zero-order valence-corrected chi connectivity index (χ0v) is 10.5. The second kappa shape index (κ2) is 5.97. The van der Waals surface area contributed by atoms with Crippen molar-refractivity contribution in [2.45, 2.75) is 32.4 Å². The lowest BCUT2D eigenvalue weighted by Crippen LogP contribution is -2.39. The first-order valence-electron chi connectivity index (χ1n) is 6.17. The van der Waals surface area contributed by atoms with E-state index in [1.54, 1.807) is 0 Å². The topological polar surface area (TPSA) is 63.4 Å². The quantitative estimate of drug-likeness (QED) is 0.821. The Morgan fingerprint density at radius 2 is 2.41 bits per heavy atom. The van der Waals surface area contributed by atoms with Crippen molar-refractivity contribution in [2.24, 2.45) is 0 Å². The summed E-state index contributed by atoms with van der Waals surface area (Å²) < 4.78 is 11.2. The fourth-order valence-electron chi connectivity index (χ4n) is 2.08. The molecular formula is C11H20N4O2. The number of nitrogens with zero attached hydrogens (tertiary/aromatic N) is 3. The molecule has 1 fully saturated rings. The molecule has 0 spiro atoms. The maximum absolute atomic E-state index is 5.64. The highest BCUT2D eigenvalue weighted by Crippen LogP contribution is 2.20. The average Bonchev–Trinajstić information content (AvgIpc) is 2.79. The summed E-state index contributed by atoms with van der Waals surface area (Å²) in [6.45, 7) is 5.19. The van der Waals surface area contributed by atoms with Crippen LogP contribution in [0, 0.1) is 0 Å². The predicted octanol–water partition coefficient (Wildman–Crippen LogP) is 0.794. The Hall–Kier alpha value is -1.14. The van der Waals surface area contributed by atoms with Crippen molar-refractivity contribution in [3.05, 3.63) is 5.89 Å². The molecule has 6 heteroatoms. The van der Waals surface area contributed by atoms with Crippen LogP contribution in [0.5, 0.6) is 0 Å². The van der Waals surface area contributed by atoms with Crippen LogP contribution in [-0.2, 0) is 11.3 Å². The van der Waals surface area contributed by atoms with Crippen molar-refractivity contribution in [3.63, 3.8) is 0 Å². The highest BCUT2D eigenvalue weighted by Gasteiger charge is 2.23. The van der Waals surface area contributed by atoms with Gasteiger partial charge in [0.15, 0.2) is 0 Å². The van der Waals surface area contributed by atoms with Gasteiger partial charge in [0.1, 0.15) is 0 Å². The molecule has 0 bridgehead atoms. The molecule has 0 saturated carbocycles. The van der Waals surface area contributed by atoms with E-state index in [0.29, 0.717) is 18.5 Å². The number of ether oxygens (including phenoxy) is 1. The van der Waals surface area contributed by atoms with E-state index in [-0.39, 0.29) is 6.10 Å². The van der Waals surface area contributed by atoms with Crippen molar-refractivity contribution in [2.75, 3.05) is 31.6 Å². The fraction of sp³-hybridized carbons (Fsp3) is 0.818. The van der Waals surface area contributed by atoms with Crippen LogP contribution < -0.4 is 10.2 Å². The molecule has 1 aliphatic rings. The first kappa shape index (κ1) is 12.3. The smallest absolute Gasteiger partial charge is 0.318 e. The van der Waals surface area contributed by atoms with Crippen LogP contribution in [0.4, 0.5) is 6.01 Å². The van der Waals surface area contributed by atoms with Crippen LogP contribution >= 0.6 is 0 Å². The molecule has 2 rings (SSSR count). The van der Waals surface area contributed by atoms with E-state index in [1.165, 1.54) is 0 Å². The Bertz CT molecular complexity index is 340. The lowest BCUT2D eigenvalue weighted by molar-refractivity contribution is 0.0516. The number of hydrogen-bond donors (Lipinski definition) is 1. The highest BCUT2D eigenvalue weighted by atomic mass is 16.5. The van der Waals surface area contributed by atoms with Gasteiger partial charge >= 0.3 is 6.01 Å². The van der Waals surface area contributed by atoms with Crippen LogP contribution in [0.3, 0.4) is 0 Å². The van der Waals surface area contributed by atoms with Crippen LogP contribution in [0.25, 0.3) is 0 Å². The monoisotopic (exact) mass is 240 g/mol. The van der Waals surface area contributed by atoms with Gasteiger partial charge in [0.2, 0.25) is 5.89 Å². The molecule has 1 unspecified atom stereocenters. The van der Waals surface area contributed by atoms with Crippen LogP contribution in [0.1, 0.15) is 25.7 Å². The van der Waals surface area contributed by atoms with E-state index >= 15 is 0 Å². The molecule has 17 heavy (non-hydrogen) atoms. The number of anilines is 1. The second-order valence-electron chi connectivity index (χ2n) is 4.17. The molecule has 1 atom stereocenters. The molecule has 0 aliphatic carbocycles.